The van der Waals surface area contributed by atoms with Crippen LogP contribution >= 0.6 is 11.6 Å². The molecule has 9 heteroatoms. The Morgan fingerprint density at radius 3 is 2.82 bits per heavy atom. The van der Waals surface area contributed by atoms with E-state index < -0.39 is 5.82 Å². The molecule has 168 valence electrons. The third-order valence-corrected chi connectivity index (χ3v) is 5.75. The second kappa shape index (κ2) is 9.17. The molecule has 3 N–H and O–H groups in total. The van der Waals surface area contributed by atoms with Crippen molar-refractivity contribution in [1.82, 2.24) is 25.1 Å². The Morgan fingerprint density at radius 2 is 2.00 bits per heavy atom. The van der Waals surface area contributed by atoms with Crippen LogP contribution in [-0.2, 0) is 19.5 Å². The van der Waals surface area contributed by atoms with Crippen LogP contribution < -0.4 is 16.0 Å². The van der Waals surface area contributed by atoms with Gasteiger partial charge in [0.15, 0.2) is 0 Å². The first-order chi connectivity index (χ1) is 16.1. The zero-order valence-corrected chi connectivity index (χ0v) is 18.8. The van der Waals surface area contributed by atoms with Crippen molar-refractivity contribution in [3.63, 3.8) is 0 Å². The average Bonchev–Trinajstić information content (AvgIpc) is 3.28. The smallest absolute Gasteiger partial charge is 0.229 e. The summed E-state index contributed by atoms with van der Waals surface area (Å²) in [5.41, 5.74) is 5.75. The van der Waals surface area contributed by atoms with E-state index in [1.165, 1.54) is 23.3 Å². The van der Waals surface area contributed by atoms with Gasteiger partial charge in [0.1, 0.15) is 11.6 Å². The second-order valence-electron chi connectivity index (χ2n) is 7.86. The molecule has 0 amide bonds. The maximum absolute atomic E-state index is 13.8. The van der Waals surface area contributed by atoms with Gasteiger partial charge in [-0.05, 0) is 61.3 Å². The third kappa shape index (κ3) is 4.81. The van der Waals surface area contributed by atoms with Gasteiger partial charge in [0, 0.05) is 53.0 Å². The van der Waals surface area contributed by atoms with Crippen molar-refractivity contribution in [1.29, 1.82) is 0 Å². The highest BCUT2D eigenvalue weighted by Crippen LogP contribution is 2.31. The van der Waals surface area contributed by atoms with E-state index in [2.05, 4.69) is 44.2 Å². The number of benzene rings is 2. The first-order valence-electron chi connectivity index (χ1n) is 10.8. The van der Waals surface area contributed by atoms with Gasteiger partial charge in [-0.2, -0.15) is 10.1 Å². The minimum atomic E-state index is -0.436. The van der Waals surface area contributed by atoms with Gasteiger partial charge in [0.25, 0.3) is 0 Å². The number of nitrogens with one attached hydrogen (secondary N) is 3. The molecule has 0 fully saturated rings. The largest absolute Gasteiger partial charge is 0.340 e. The lowest BCUT2D eigenvalue weighted by Crippen LogP contribution is -2.23. The molecule has 0 spiro atoms. The molecule has 0 radical (unpaired) electrons. The number of rotatable bonds is 6. The standard InChI is InChI=1S/C24H23ClFN7/c1-2-33-14-17(12-29-33)22-13-28-24(31-21-9-18(25)8-19(26)10-21)32-23(22)30-20-4-3-15-5-6-27-11-16(15)7-20/h3-4,7-10,12-14,27H,2,5-6,11H2,1H3,(H2,28,30,31,32). The summed E-state index contributed by atoms with van der Waals surface area (Å²) in [4.78, 5) is 9.14. The molecule has 4 aromatic rings. The Balaban J connectivity index is 1.51. The molecule has 0 unspecified atom stereocenters. The van der Waals surface area contributed by atoms with Crippen molar-refractivity contribution < 1.29 is 4.39 Å². The molecule has 2 aromatic heterocycles. The van der Waals surface area contributed by atoms with Crippen LogP contribution in [0.2, 0.25) is 5.02 Å². The number of nitrogens with zero attached hydrogens (tertiary/aromatic N) is 4. The predicted octanol–water partition coefficient (Wildman–Crippen LogP) is 5.29. The zero-order chi connectivity index (χ0) is 22.8. The molecule has 1 aliphatic rings. The van der Waals surface area contributed by atoms with Crippen LogP contribution in [-0.4, -0.2) is 26.3 Å². The third-order valence-electron chi connectivity index (χ3n) is 5.53. The summed E-state index contributed by atoms with van der Waals surface area (Å²) in [7, 11) is 0. The number of hydrogen-bond donors (Lipinski definition) is 3. The van der Waals surface area contributed by atoms with Crippen LogP contribution in [0.15, 0.2) is 55.0 Å². The maximum atomic E-state index is 13.8. The Morgan fingerprint density at radius 1 is 1.09 bits per heavy atom. The van der Waals surface area contributed by atoms with E-state index in [4.69, 9.17) is 16.6 Å². The van der Waals surface area contributed by atoms with E-state index in [9.17, 15) is 4.39 Å². The summed E-state index contributed by atoms with van der Waals surface area (Å²) in [6, 6.07) is 10.6. The molecular formula is C24H23ClFN7. The highest BCUT2D eigenvalue weighted by atomic mass is 35.5. The van der Waals surface area contributed by atoms with E-state index in [1.54, 1.807) is 18.5 Å². The highest BCUT2D eigenvalue weighted by molar-refractivity contribution is 6.30. The van der Waals surface area contributed by atoms with Gasteiger partial charge in [-0.3, -0.25) is 4.68 Å². The van der Waals surface area contributed by atoms with Gasteiger partial charge in [0.05, 0.1) is 6.20 Å². The molecule has 1 aliphatic heterocycles. The lowest BCUT2D eigenvalue weighted by Gasteiger charge is -2.19. The molecule has 7 nitrogen and oxygen atoms in total. The number of aryl methyl sites for hydroxylation is 1. The summed E-state index contributed by atoms with van der Waals surface area (Å²) < 4.78 is 15.6. The number of aromatic nitrogens is 4. The van der Waals surface area contributed by atoms with E-state index in [1.807, 2.05) is 17.8 Å². The van der Waals surface area contributed by atoms with E-state index >= 15 is 0 Å². The molecule has 0 saturated heterocycles. The van der Waals surface area contributed by atoms with Crippen molar-refractivity contribution in [2.45, 2.75) is 26.4 Å². The van der Waals surface area contributed by atoms with Crippen LogP contribution in [0.5, 0.6) is 0 Å². The molecule has 0 saturated carbocycles. The van der Waals surface area contributed by atoms with Crippen LogP contribution in [0.25, 0.3) is 11.1 Å². The van der Waals surface area contributed by atoms with E-state index in [-0.39, 0.29) is 0 Å². The Bertz CT molecular complexity index is 1280. The SMILES string of the molecule is CCn1cc(-c2cnc(Nc3cc(F)cc(Cl)c3)nc2Nc2ccc3c(c2)CNCC3)cn1. The number of fused-ring (bicyclic) bond motifs is 1. The van der Waals surface area contributed by atoms with Gasteiger partial charge in [0.2, 0.25) is 5.95 Å². The maximum Gasteiger partial charge on any atom is 0.229 e. The van der Waals surface area contributed by atoms with E-state index in [0.717, 1.165) is 42.9 Å². The number of hydrogen-bond acceptors (Lipinski definition) is 6. The van der Waals surface area contributed by atoms with Gasteiger partial charge >= 0.3 is 0 Å². The Hall–Kier alpha value is -3.49. The zero-order valence-electron chi connectivity index (χ0n) is 18.1. The van der Waals surface area contributed by atoms with Gasteiger partial charge in [-0.15, -0.1) is 0 Å². The number of anilines is 4. The molecule has 0 atom stereocenters. The van der Waals surface area contributed by atoms with Crippen LogP contribution in [0.1, 0.15) is 18.1 Å². The Labute approximate surface area is 196 Å². The van der Waals surface area contributed by atoms with Crippen molar-refractivity contribution in [3.8, 4) is 11.1 Å². The average molecular weight is 464 g/mol. The van der Waals surface area contributed by atoms with Crippen molar-refractivity contribution >= 4 is 34.7 Å². The van der Waals surface area contributed by atoms with Crippen LogP contribution in [0.4, 0.5) is 27.5 Å². The molecule has 33 heavy (non-hydrogen) atoms. The monoisotopic (exact) mass is 463 g/mol. The van der Waals surface area contributed by atoms with Crippen molar-refractivity contribution in [3.05, 3.63) is 77.0 Å². The summed E-state index contributed by atoms with van der Waals surface area (Å²) in [6.45, 7) is 4.64. The Kier molecular flexibility index (Phi) is 5.93. The van der Waals surface area contributed by atoms with Crippen molar-refractivity contribution in [2.24, 2.45) is 0 Å². The number of halogens is 2. The molecule has 5 rings (SSSR count). The molecule has 3 heterocycles. The van der Waals surface area contributed by atoms with Gasteiger partial charge in [-0.25, -0.2) is 9.37 Å². The van der Waals surface area contributed by atoms with E-state index in [0.29, 0.717) is 22.5 Å². The minimum absolute atomic E-state index is 0.294. The molecule has 2 aromatic carbocycles. The quantitative estimate of drug-likeness (QED) is 0.361. The first-order valence-corrected chi connectivity index (χ1v) is 11.2. The summed E-state index contributed by atoms with van der Waals surface area (Å²) in [6.07, 6.45) is 6.51. The topological polar surface area (TPSA) is 79.7 Å². The summed E-state index contributed by atoms with van der Waals surface area (Å²) in [5, 5.41) is 14.6. The second-order valence-corrected chi connectivity index (χ2v) is 8.30. The fourth-order valence-electron chi connectivity index (χ4n) is 3.87. The highest BCUT2D eigenvalue weighted by Gasteiger charge is 2.14. The van der Waals surface area contributed by atoms with Gasteiger partial charge < -0.3 is 16.0 Å². The summed E-state index contributed by atoms with van der Waals surface area (Å²) in [5.74, 6) is 0.509. The summed E-state index contributed by atoms with van der Waals surface area (Å²) >= 11 is 5.99. The van der Waals surface area contributed by atoms with Crippen LogP contribution in [0, 0.1) is 5.82 Å². The normalized spacial score (nSPS) is 12.9. The molecule has 0 bridgehead atoms. The molecular weight excluding hydrogens is 441 g/mol. The van der Waals surface area contributed by atoms with Crippen molar-refractivity contribution in [2.75, 3.05) is 17.2 Å². The minimum Gasteiger partial charge on any atom is -0.340 e. The lowest BCUT2D eigenvalue weighted by molar-refractivity contribution is 0.628. The van der Waals surface area contributed by atoms with Gasteiger partial charge in [-0.1, -0.05) is 17.7 Å². The fraction of sp³-hybridized carbons (Fsp3) is 0.208. The van der Waals surface area contributed by atoms with Crippen LogP contribution in [0.3, 0.4) is 0 Å². The lowest BCUT2D eigenvalue weighted by atomic mass is 10.0. The predicted molar refractivity (Wildman–Crippen MR) is 129 cm³/mol. The molecule has 0 aliphatic carbocycles. The fourth-order valence-corrected chi connectivity index (χ4v) is 4.10. The first kappa shape index (κ1) is 21.4.